The van der Waals surface area contributed by atoms with Crippen molar-refractivity contribution in [3.63, 3.8) is 0 Å². The Morgan fingerprint density at radius 1 is 1.50 bits per heavy atom. The van der Waals surface area contributed by atoms with Gasteiger partial charge in [0.15, 0.2) is 0 Å². The maximum absolute atomic E-state index is 10.7. The van der Waals surface area contributed by atoms with E-state index >= 15 is 0 Å². The number of rotatable bonds is 1. The van der Waals surface area contributed by atoms with Crippen molar-refractivity contribution < 1.29 is 9.90 Å². The Morgan fingerprint density at radius 2 is 2.25 bits per heavy atom. The summed E-state index contributed by atoms with van der Waals surface area (Å²) < 4.78 is 0. The van der Waals surface area contributed by atoms with E-state index in [2.05, 4.69) is 4.98 Å². The largest absolute Gasteiger partial charge is 0.477 e. The molecule has 1 aliphatic rings. The minimum Gasteiger partial charge on any atom is -0.477 e. The Kier molecular flexibility index (Phi) is 1.46. The molecule has 0 atom stereocenters. The molecule has 0 aliphatic heterocycles. The maximum atomic E-state index is 10.7. The molecule has 1 heterocycles. The van der Waals surface area contributed by atoms with E-state index in [1.807, 2.05) is 6.92 Å². The van der Waals surface area contributed by atoms with Gasteiger partial charge in [0, 0.05) is 5.69 Å². The molecule has 64 valence electrons. The molecule has 3 heteroatoms. The number of hydrogen-bond donors (Lipinski definition) is 2. The third kappa shape index (κ3) is 0.858. The Bertz CT molecular complexity index is 339. The van der Waals surface area contributed by atoms with E-state index in [0.717, 1.165) is 30.5 Å². The summed E-state index contributed by atoms with van der Waals surface area (Å²) >= 11 is 0. The second-order valence-electron chi connectivity index (χ2n) is 3.24. The van der Waals surface area contributed by atoms with Crippen molar-refractivity contribution in [1.82, 2.24) is 4.98 Å². The molecule has 1 aromatic heterocycles. The summed E-state index contributed by atoms with van der Waals surface area (Å²) in [4.78, 5) is 13.7. The van der Waals surface area contributed by atoms with Crippen LogP contribution >= 0.6 is 0 Å². The van der Waals surface area contributed by atoms with Crippen molar-refractivity contribution in [2.75, 3.05) is 0 Å². The fraction of sp³-hybridized carbons (Fsp3) is 0.444. The van der Waals surface area contributed by atoms with Crippen molar-refractivity contribution in [3.8, 4) is 0 Å². The van der Waals surface area contributed by atoms with E-state index in [1.54, 1.807) is 0 Å². The standard InChI is InChI=1S/C9H11NO2/c1-5-6-3-2-4-7(6)10-8(5)9(11)12/h10H,2-4H2,1H3,(H,11,12). The van der Waals surface area contributed by atoms with E-state index in [9.17, 15) is 4.79 Å². The van der Waals surface area contributed by atoms with Crippen LogP contribution < -0.4 is 0 Å². The number of aromatic carboxylic acids is 1. The number of aromatic amines is 1. The maximum Gasteiger partial charge on any atom is 0.352 e. The zero-order valence-electron chi connectivity index (χ0n) is 6.98. The number of fused-ring (bicyclic) bond motifs is 1. The molecule has 12 heavy (non-hydrogen) atoms. The van der Waals surface area contributed by atoms with Gasteiger partial charge in [-0.15, -0.1) is 0 Å². The first-order chi connectivity index (χ1) is 5.70. The minimum atomic E-state index is -0.845. The highest BCUT2D eigenvalue weighted by Gasteiger charge is 2.21. The van der Waals surface area contributed by atoms with Crippen LogP contribution in [0, 0.1) is 6.92 Å². The first-order valence-corrected chi connectivity index (χ1v) is 4.13. The highest BCUT2D eigenvalue weighted by atomic mass is 16.4. The molecular weight excluding hydrogens is 154 g/mol. The van der Waals surface area contributed by atoms with Gasteiger partial charge in [0.1, 0.15) is 5.69 Å². The monoisotopic (exact) mass is 165 g/mol. The molecule has 0 aromatic carbocycles. The van der Waals surface area contributed by atoms with Gasteiger partial charge in [-0.25, -0.2) is 4.79 Å². The zero-order chi connectivity index (χ0) is 8.72. The fourth-order valence-corrected chi connectivity index (χ4v) is 1.90. The predicted molar refractivity (Wildman–Crippen MR) is 44.5 cm³/mol. The molecule has 3 nitrogen and oxygen atoms in total. The van der Waals surface area contributed by atoms with Crippen LogP contribution in [0.25, 0.3) is 0 Å². The van der Waals surface area contributed by atoms with Crippen LogP contribution in [-0.4, -0.2) is 16.1 Å². The van der Waals surface area contributed by atoms with Gasteiger partial charge in [0.05, 0.1) is 0 Å². The highest BCUT2D eigenvalue weighted by Crippen LogP contribution is 2.26. The molecule has 2 rings (SSSR count). The third-order valence-corrected chi connectivity index (χ3v) is 2.54. The number of aromatic nitrogens is 1. The topological polar surface area (TPSA) is 53.1 Å². The van der Waals surface area contributed by atoms with E-state index in [4.69, 9.17) is 5.11 Å². The van der Waals surface area contributed by atoms with E-state index in [-0.39, 0.29) is 0 Å². The molecular formula is C9H11NO2. The lowest BCUT2D eigenvalue weighted by atomic mass is 10.1. The third-order valence-electron chi connectivity index (χ3n) is 2.54. The smallest absolute Gasteiger partial charge is 0.352 e. The van der Waals surface area contributed by atoms with E-state index in [1.165, 1.54) is 5.56 Å². The quantitative estimate of drug-likeness (QED) is 0.662. The first-order valence-electron chi connectivity index (χ1n) is 4.13. The summed E-state index contributed by atoms with van der Waals surface area (Å²) in [5, 5.41) is 8.79. The second kappa shape index (κ2) is 2.37. The molecule has 0 bridgehead atoms. The summed E-state index contributed by atoms with van der Waals surface area (Å²) in [6, 6.07) is 0. The van der Waals surface area contributed by atoms with Crippen LogP contribution in [0.5, 0.6) is 0 Å². The zero-order valence-corrected chi connectivity index (χ0v) is 6.98. The number of carbonyl (C=O) groups is 1. The van der Waals surface area contributed by atoms with Gasteiger partial charge in [0.25, 0.3) is 0 Å². The average molecular weight is 165 g/mol. The predicted octanol–water partition coefficient (Wildman–Crippen LogP) is 1.51. The number of carboxylic acid groups (broad SMARTS) is 1. The summed E-state index contributed by atoms with van der Waals surface area (Å²) in [7, 11) is 0. The Balaban J connectivity index is 2.54. The van der Waals surface area contributed by atoms with Gasteiger partial charge in [-0.3, -0.25) is 0 Å². The number of carboxylic acids is 1. The summed E-state index contributed by atoms with van der Waals surface area (Å²) in [6.45, 7) is 1.88. The SMILES string of the molecule is Cc1c(C(=O)O)[nH]c2c1CCC2. The fourth-order valence-electron chi connectivity index (χ4n) is 1.90. The van der Waals surface area contributed by atoms with Crippen molar-refractivity contribution in [3.05, 3.63) is 22.5 Å². The normalized spacial score (nSPS) is 14.8. The summed E-state index contributed by atoms with van der Waals surface area (Å²) in [5.41, 5.74) is 3.66. The van der Waals surface area contributed by atoms with Crippen LogP contribution in [0.2, 0.25) is 0 Å². The molecule has 2 N–H and O–H groups in total. The van der Waals surface area contributed by atoms with Crippen LogP contribution in [0.1, 0.15) is 33.7 Å². The molecule has 0 saturated heterocycles. The second-order valence-corrected chi connectivity index (χ2v) is 3.24. The molecule has 0 amide bonds. The van der Waals surface area contributed by atoms with Gasteiger partial charge < -0.3 is 10.1 Å². The molecule has 0 radical (unpaired) electrons. The lowest BCUT2D eigenvalue weighted by molar-refractivity contribution is 0.0690. The van der Waals surface area contributed by atoms with Crippen LogP contribution in [0.15, 0.2) is 0 Å². The molecule has 0 fully saturated rings. The Hall–Kier alpha value is -1.25. The Morgan fingerprint density at radius 3 is 2.83 bits per heavy atom. The molecule has 1 aromatic rings. The number of nitrogens with one attached hydrogen (secondary N) is 1. The number of aryl methyl sites for hydroxylation is 1. The van der Waals surface area contributed by atoms with Gasteiger partial charge >= 0.3 is 5.97 Å². The average Bonchev–Trinajstić information content (AvgIpc) is 2.53. The Labute approximate surface area is 70.4 Å². The van der Waals surface area contributed by atoms with Crippen LogP contribution in [0.3, 0.4) is 0 Å². The van der Waals surface area contributed by atoms with Gasteiger partial charge in [-0.2, -0.15) is 0 Å². The minimum absolute atomic E-state index is 0.375. The lowest BCUT2D eigenvalue weighted by Crippen LogP contribution is -1.99. The van der Waals surface area contributed by atoms with E-state index < -0.39 is 5.97 Å². The van der Waals surface area contributed by atoms with Gasteiger partial charge in [-0.1, -0.05) is 0 Å². The van der Waals surface area contributed by atoms with Crippen molar-refractivity contribution in [2.45, 2.75) is 26.2 Å². The summed E-state index contributed by atoms with van der Waals surface area (Å²) in [5.74, 6) is -0.845. The van der Waals surface area contributed by atoms with Crippen molar-refractivity contribution in [1.29, 1.82) is 0 Å². The highest BCUT2D eigenvalue weighted by molar-refractivity contribution is 5.88. The van der Waals surface area contributed by atoms with Gasteiger partial charge in [0.2, 0.25) is 0 Å². The molecule has 1 aliphatic carbocycles. The van der Waals surface area contributed by atoms with Crippen LogP contribution in [0.4, 0.5) is 0 Å². The first kappa shape index (κ1) is 7.40. The van der Waals surface area contributed by atoms with Crippen molar-refractivity contribution in [2.24, 2.45) is 0 Å². The lowest BCUT2D eigenvalue weighted by Gasteiger charge is -1.93. The summed E-state index contributed by atoms with van der Waals surface area (Å²) in [6.07, 6.45) is 3.19. The molecule has 0 spiro atoms. The molecule has 0 unspecified atom stereocenters. The van der Waals surface area contributed by atoms with Crippen molar-refractivity contribution >= 4 is 5.97 Å². The number of H-pyrrole nitrogens is 1. The number of hydrogen-bond acceptors (Lipinski definition) is 1. The van der Waals surface area contributed by atoms with Crippen LogP contribution in [-0.2, 0) is 12.8 Å². The van der Waals surface area contributed by atoms with E-state index in [0.29, 0.717) is 5.69 Å². The molecule has 0 saturated carbocycles. The van der Waals surface area contributed by atoms with Gasteiger partial charge in [-0.05, 0) is 37.3 Å².